The van der Waals surface area contributed by atoms with Gasteiger partial charge in [0.05, 0.1) is 19.6 Å². The first kappa shape index (κ1) is 18.2. The number of fused-ring (bicyclic) bond motifs is 2. The van der Waals surface area contributed by atoms with Gasteiger partial charge < -0.3 is 19.5 Å². The van der Waals surface area contributed by atoms with Crippen molar-refractivity contribution in [2.75, 3.05) is 20.3 Å². The zero-order valence-corrected chi connectivity index (χ0v) is 16.0. The molecule has 0 bridgehead atoms. The van der Waals surface area contributed by atoms with Crippen molar-refractivity contribution in [3.63, 3.8) is 0 Å². The molecular formula is C23H23NO4. The van der Waals surface area contributed by atoms with Crippen LogP contribution in [0.25, 0.3) is 10.8 Å². The molecule has 1 N–H and O–H groups in total. The minimum absolute atomic E-state index is 0.0321. The fraction of sp³-hybridized carbons (Fsp3) is 0.261. The lowest BCUT2D eigenvalue weighted by Crippen LogP contribution is -2.41. The Bertz CT molecular complexity index is 1000. The van der Waals surface area contributed by atoms with Crippen molar-refractivity contribution in [1.82, 2.24) is 5.32 Å². The van der Waals surface area contributed by atoms with Gasteiger partial charge in [-0.3, -0.25) is 4.79 Å². The van der Waals surface area contributed by atoms with Crippen LogP contribution < -0.4 is 19.5 Å². The summed E-state index contributed by atoms with van der Waals surface area (Å²) in [5.41, 5.74) is 0.973. The number of rotatable bonds is 5. The SMILES string of the molecule is COc1ccc2cc([C@H](C)C(=O)NC[C@@H]3COc4ccccc4O3)ccc2c1. The van der Waals surface area contributed by atoms with E-state index in [1.165, 1.54) is 0 Å². The van der Waals surface area contributed by atoms with Crippen molar-refractivity contribution in [1.29, 1.82) is 0 Å². The van der Waals surface area contributed by atoms with E-state index in [1.54, 1.807) is 7.11 Å². The lowest BCUT2D eigenvalue weighted by molar-refractivity contribution is -0.122. The molecule has 144 valence electrons. The van der Waals surface area contributed by atoms with Crippen molar-refractivity contribution in [3.05, 3.63) is 66.2 Å². The number of nitrogens with one attached hydrogen (secondary N) is 1. The minimum atomic E-state index is -0.261. The predicted molar refractivity (Wildman–Crippen MR) is 108 cm³/mol. The van der Waals surface area contributed by atoms with Crippen LogP contribution in [0.1, 0.15) is 18.4 Å². The molecule has 0 radical (unpaired) electrons. The second-order valence-corrected chi connectivity index (χ2v) is 6.94. The third-order valence-corrected chi connectivity index (χ3v) is 5.04. The molecule has 3 aromatic rings. The van der Waals surface area contributed by atoms with Gasteiger partial charge in [0.25, 0.3) is 0 Å². The summed E-state index contributed by atoms with van der Waals surface area (Å²) < 4.78 is 16.9. The number of methoxy groups -OCH3 is 1. The Morgan fingerprint density at radius 1 is 1.11 bits per heavy atom. The van der Waals surface area contributed by atoms with E-state index in [9.17, 15) is 4.79 Å². The summed E-state index contributed by atoms with van der Waals surface area (Å²) in [6.07, 6.45) is -0.199. The molecule has 0 saturated carbocycles. The maximum Gasteiger partial charge on any atom is 0.227 e. The van der Waals surface area contributed by atoms with Gasteiger partial charge >= 0.3 is 0 Å². The quantitative estimate of drug-likeness (QED) is 0.732. The number of carbonyl (C=O) groups is 1. The summed E-state index contributed by atoms with van der Waals surface area (Å²) in [6, 6.07) is 19.5. The highest BCUT2D eigenvalue weighted by Gasteiger charge is 2.22. The fourth-order valence-corrected chi connectivity index (χ4v) is 3.32. The van der Waals surface area contributed by atoms with Crippen molar-refractivity contribution in [2.24, 2.45) is 0 Å². The van der Waals surface area contributed by atoms with E-state index in [0.717, 1.165) is 27.8 Å². The lowest BCUT2D eigenvalue weighted by atomic mass is 9.97. The molecule has 0 aliphatic carbocycles. The summed E-state index contributed by atoms with van der Waals surface area (Å²) in [5.74, 6) is 1.98. The number of carbonyl (C=O) groups excluding carboxylic acids is 1. The van der Waals surface area contributed by atoms with E-state index in [4.69, 9.17) is 14.2 Å². The van der Waals surface area contributed by atoms with Gasteiger partial charge in [-0.15, -0.1) is 0 Å². The summed E-state index contributed by atoms with van der Waals surface area (Å²) in [5, 5.41) is 5.15. The number of hydrogen-bond acceptors (Lipinski definition) is 4. The van der Waals surface area contributed by atoms with Crippen LogP contribution in [-0.4, -0.2) is 32.3 Å². The molecule has 1 aliphatic heterocycles. The van der Waals surface area contributed by atoms with Gasteiger partial charge in [0.1, 0.15) is 18.5 Å². The second-order valence-electron chi connectivity index (χ2n) is 6.94. The monoisotopic (exact) mass is 377 g/mol. The molecule has 0 saturated heterocycles. The fourth-order valence-electron chi connectivity index (χ4n) is 3.32. The van der Waals surface area contributed by atoms with E-state index in [0.29, 0.717) is 18.9 Å². The molecule has 1 amide bonds. The molecule has 28 heavy (non-hydrogen) atoms. The topological polar surface area (TPSA) is 56.8 Å². The van der Waals surface area contributed by atoms with Gasteiger partial charge in [-0.25, -0.2) is 0 Å². The van der Waals surface area contributed by atoms with Gasteiger partial charge in [-0.1, -0.05) is 36.4 Å². The van der Waals surface area contributed by atoms with Crippen LogP contribution in [0.4, 0.5) is 0 Å². The van der Waals surface area contributed by atoms with E-state index in [-0.39, 0.29) is 17.9 Å². The third-order valence-electron chi connectivity index (χ3n) is 5.04. The molecule has 0 unspecified atom stereocenters. The average molecular weight is 377 g/mol. The maximum absolute atomic E-state index is 12.6. The van der Waals surface area contributed by atoms with Crippen molar-refractivity contribution in [2.45, 2.75) is 18.9 Å². The summed E-state index contributed by atoms with van der Waals surface area (Å²) in [7, 11) is 1.65. The molecule has 0 aromatic heterocycles. The molecule has 5 nitrogen and oxygen atoms in total. The standard InChI is InChI=1S/C23H23NO4/c1-15(16-7-8-18-12-19(26-2)10-9-17(18)11-16)23(25)24-13-20-14-27-21-5-3-4-6-22(21)28-20/h3-12,15,20H,13-14H2,1-2H3,(H,24,25)/t15-,20+/m0/s1. The Labute approximate surface area is 164 Å². The number of ether oxygens (including phenoxy) is 3. The Morgan fingerprint density at radius 3 is 2.68 bits per heavy atom. The van der Waals surface area contributed by atoms with E-state index in [2.05, 4.69) is 11.4 Å². The molecule has 0 fully saturated rings. The molecule has 4 rings (SSSR count). The van der Waals surface area contributed by atoms with Crippen molar-refractivity contribution < 1.29 is 19.0 Å². The van der Waals surface area contributed by atoms with E-state index >= 15 is 0 Å². The summed E-state index contributed by atoms with van der Waals surface area (Å²) in [6.45, 7) is 2.74. The first-order valence-electron chi connectivity index (χ1n) is 9.38. The second kappa shape index (κ2) is 7.80. The van der Waals surface area contributed by atoms with Crippen LogP contribution in [0.2, 0.25) is 0 Å². The van der Waals surface area contributed by atoms with Crippen molar-refractivity contribution >= 4 is 16.7 Å². The molecular weight excluding hydrogens is 354 g/mol. The Kier molecular flexibility index (Phi) is 5.06. The van der Waals surface area contributed by atoms with Gasteiger partial charge in [0, 0.05) is 0 Å². The van der Waals surface area contributed by atoms with Gasteiger partial charge in [0.2, 0.25) is 5.91 Å². The smallest absolute Gasteiger partial charge is 0.227 e. The number of para-hydroxylation sites is 2. The highest BCUT2D eigenvalue weighted by atomic mass is 16.6. The lowest BCUT2D eigenvalue weighted by Gasteiger charge is -2.27. The Hall–Kier alpha value is -3.21. The molecule has 1 aliphatic rings. The van der Waals surface area contributed by atoms with Crippen LogP contribution >= 0.6 is 0 Å². The number of amides is 1. The molecule has 1 heterocycles. The Balaban J connectivity index is 1.39. The molecule has 2 atom stereocenters. The van der Waals surface area contributed by atoms with Gasteiger partial charge in [-0.2, -0.15) is 0 Å². The normalized spacial score (nSPS) is 16.4. The van der Waals surface area contributed by atoms with Crippen LogP contribution in [0.3, 0.4) is 0 Å². The third kappa shape index (κ3) is 3.74. The van der Waals surface area contributed by atoms with Crippen LogP contribution in [0.15, 0.2) is 60.7 Å². The zero-order chi connectivity index (χ0) is 19.5. The molecule has 3 aromatic carbocycles. The molecule has 0 spiro atoms. The number of hydrogen-bond donors (Lipinski definition) is 1. The highest BCUT2D eigenvalue weighted by Crippen LogP contribution is 2.31. The van der Waals surface area contributed by atoms with Gasteiger partial charge in [-0.05, 0) is 47.5 Å². The van der Waals surface area contributed by atoms with Crippen LogP contribution in [0, 0.1) is 0 Å². The minimum Gasteiger partial charge on any atom is -0.497 e. The average Bonchev–Trinajstić information content (AvgIpc) is 2.76. The summed E-state index contributed by atoms with van der Waals surface area (Å²) in [4.78, 5) is 12.6. The largest absolute Gasteiger partial charge is 0.497 e. The van der Waals surface area contributed by atoms with Gasteiger partial charge in [0.15, 0.2) is 11.5 Å². The van der Waals surface area contributed by atoms with Crippen LogP contribution in [-0.2, 0) is 4.79 Å². The Morgan fingerprint density at radius 2 is 1.86 bits per heavy atom. The maximum atomic E-state index is 12.6. The summed E-state index contributed by atoms with van der Waals surface area (Å²) >= 11 is 0. The first-order valence-corrected chi connectivity index (χ1v) is 9.38. The van der Waals surface area contributed by atoms with E-state index < -0.39 is 0 Å². The van der Waals surface area contributed by atoms with E-state index in [1.807, 2.05) is 61.5 Å². The predicted octanol–water partition coefficient (Wildman–Crippen LogP) is 3.91. The number of benzene rings is 3. The zero-order valence-electron chi connectivity index (χ0n) is 16.0. The molecule has 5 heteroatoms. The first-order chi connectivity index (χ1) is 13.6. The van der Waals surface area contributed by atoms with Crippen molar-refractivity contribution in [3.8, 4) is 17.2 Å². The van der Waals surface area contributed by atoms with Crippen LogP contribution in [0.5, 0.6) is 17.2 Å². The highest BCUT2D eigenvalue weighted by molar-refractivity contribution is 5.88.